The maximum Gasteiger partial charge on any atom is 0.242 e. The smallest absolute Gasteiger partial charge is 0.242 e. The molecule has 0 saturated heterocycles. The van der Waals surface area contributed by atoms with E-state index in [0.29, 0.717) is 27.6 Å². The molecule has 2 rings (SSSR count). The number of sulfonamides is 1. The second-order valence-electron chi connectivity index (χ2n) is 5.03. The van der Waals surface area contributed by atoms with Crippen molar-refractivity contribution in [1.82, 2.24) is 4.72 Å². The number of halogens is 2. The summed E-state index contributed by atoms with van der Waals surface area (Å²) in [4.78, 5) is -0.0204. The molecule has 1 N–H and O–H groups in total. The summed E-state index contributed by atoms with van der Waals surface area (Å²) in [6.45, 7) is 1.74. The van der Waals surface area contributed by atoms with E-state index in [0.717, 1.165) is 0 Å². The third-order valence-electron chi connectivity index (χ3n) is 3.44. The predicted octanol–water partition coefficient (Wildman–Crippen LogP) is 3.80. The highest BCUT2D eigenvalue weighted by molar-refractivity contribution is 7.89. The highest BCUT2D eigenvalue weighted by Crippen LogP contribution is 2.29. The fraction of sp³-hybridized carbons (Fsp3) is 0.250. The molecule has 0 aliphatic rings. The Kier molecular flexibility index (Phi) is 5.98. The Morgan fingerprint density at radius 1 is 1.04 bits per heavy atom. The van der Waals surface area contributed by atoms with Gasteiger partial charge in [-0.2, -0.15) is 0 Å². The van der Waals surface area contributed by atoms with E-state index in [9.17, 15) is 8.42 Å². The molecule has 8 heteroatoms. The largest absolute Gasteiger partial charge is 0.497 e. The maximum absolute atomic E-state index is 12.5. The Bertz CT molecular complexity index is 853. The predicted molar refractivity (Wildman–Crippen MR) is 94.8 cm³/mol. The molecule has 0 heterocycles. The molecule has 5 nitrogen and oxygen atoms in total. The SMILES string of the molecule is COc1ccc(OC)c(CNS(=O)(=O)c2cc(C)c(Cl)cc2Cl)c1. The van der Waals surface area contributed by atoms with Gasteiger partial charge in [-0.15, -0.1) is 0 Å². The number of benzene rings is 2. The molecule has 0 saturated carbocycles. The van der Waals surface area contributed by atoms with Crippen LogP contribution in [0.5, 0.6) is 11.5 Å². The van der Waals surface area contributed by atoms with Gasteiger partial charge < -0.3 is 9.47 Å². The molecule has 0 aliphatic carbocycles. The van der Waals surface area contributed by atoms with Gasteiger partial charge in [-0.25, -0.2) is 13.1 Å². The lowest BCUT2D eigenvalue weighted by Crippen LogP contribution is -2.24. The first-order valence-corrected chi connectivity index (χ1v) is 9.18. The summed E-state index contributed by atoms with van der Waals surface area (Å²) in [5, 5.41) is 0.476. The van der Waals surface area contributed by atoms with E-state index in [1.807, 2.05) is 0 Å². The van der Waals surface area contributed by atoms with Crippen molar-refractivity contribution in [1.29, 1.82) is 0 Å². The minimum absolute atomic E-state index is 0.0204. The summed E-state index contributed by atoms with van der Waals surface area (Å²) in [7, 11) is -0.763. The van der Waals surface area contributed by atoms with Crippen LogP contribution in [-0.2, 0) is 16.6 Å². The van der Waals surface area contributed by atoms with Gasteiger partial charge in [0.05, 0.1) is 19.2 Å². The van der Waals surface area contributed by atoms with Crippen molar-refractivity contribution >= 4 is 33.2 Å². The van der Waals surface area contributed by atoms with Crippen molar-refractivity contribution in [2.24, 2.45) is 0 Å². The zero-order valence-corrected chi connectivity index (χ0v) is 15.7. The van der Waals surface area contributed by atoms with Gasteiger partial charge in [-0.05, 0) is 42.8 Å². The van der Waals surface area contributed by atoms with Crippen LogP contribution in [-0.4, -0.2) is 22.6 Å². The molecule has 2 aromatic rings. The lowest BCUT2D eigenvalue weighted by atomic mass is 10.2. The average Bonchev–Trinajstić information content (AvgIpc) is 2.55. The van der Waals surface area contributed by atoms with Crippen LogP contribution in [0.3, 0.4) is 0 Å². The minimum Gasteiger partial charge on any atom is -0.497 e. The number of methoxy groups -OCH3 is 2. The summed E-state index contributed by atoms with van der Waals surface area (Å²) in [6.07, 6.45) is 0. The zero-order valence-electron chi connectivity index (χ0n) is 13.4. The molecule has 0 unspecified atom stereocenters. The standard InChI is InChI=1S/C16H17Cl2NO4S/c1-10-6-16(14(18)8-13(10)17)24(20,21)19-9-11-7-12(22-2)4-5-15(11)23-3/h4-8,19H,9H2,1-3H3. The third-order valence-corrected chi connectivity index (χ3v) is 5.72. The molecule has 0 radical (unpaired) electrons. The van der Waals surface area contributed by atoms with Crippen LogP contribution in [0.25, 0.3) is 0 Å². The highest BCUT2D eigenvalue weighted by atomic mass is 35.5. The second-order valence-corrected chi connectivity index (χ2v) is 7.58. The molecule has 0 bridgehead atoms. The molecule has 0 spiro atoms. The minimum atomic E-state index is -3.81. The van der Waals surface area contributed by atoms with E-state index in [2.05, 4.69) is 4.72 Å². The van der Waals surface area contributed by atoms with Gasteiger partial charge in [0, 0.05) is 17.1 Å². The van der Waals surface area contributed by atoms with Crippen LogP contribution in [0.15, 0.2) is 35.2 Å². The first-order valence-electron chi connectivity index (χ1n) is 6.94. The molecule has 0 aliphatic heterocycles. The number of hydrogen-bond donors (Lipinski definition) is 1. The number of rotatable bonds is 6. The van der Waals surface area contributed by atoms with E-state index in [4.69, 9.17) is 32.7 Å². The van der Waals surface area contributed by atoms with Crippen molar-refractivity contribution in [3.05, 3.63) is 51.5 Å². The Hall–Kier alpha value is -1.47. The van der Waals surface area contributed by atoms with Gasteiger partial charge in [-0.3, -0.25) is 0 Å². The zero-order chi connectivity index (χ0) is 17.9. The van der Waals surface area contributed by atoms with Gasteiger partial charge in [0.2, 0.25) is 10.0 Å². The van der Waals surface area contributed by atoms with Crippen LogP contribution in [0.4, 0.5) is 0 Å². The maximum atomic E-state index is 12.5. The van der Waals surface area contributed by atoms with Gasteiger partial charge in [0.1, 0.15) is 16.4 Å². The Balaban J connectivity index is 2.30. The summed E-state index contributed by atoms with van der Waals surface area (Å²) < 4.78 is 38.0. The monoisotopic (exact) mass is 389 g/mol. The molecule has 130 valence electrons. The molecule has 0 aromatic heterocycles. The van der Waals surface area contributed by atoms with Gasteiger partial charge >= 0.3 is 0 Å². The number of aryl methyl sites for hydroxylation is 1. The molecule has 0 fully saturated rings. The summed E-state index contributed by atoms with van der Waals surface area (Å²) >= 11 is 12.0. The fourth-order valence-corrected chi connectivity index (χ4v) is 3.94. The number of nitrogens with one attached hydrogen (secondary N) is 1. The van der Waals surface area contributed by atoms with Gasteiger partial charge in [-0.1, -0.05) is 23.2 Å². The van der Waals surface area contributed by atoms with Crippen molar-refractivity contribution in [2.75, 3.05) is 14.2 Å². The summed E-state index contributed by atoms with van der Waals surface area (Å²) in [5.74, 6) is 1.15. The van der Waals surface area contributed by atoms with Crippen molar-refractivity contribution in [3.8, 4) is 11.5 Å². The average molecular weight is 390 g/mol. The molecule has 0 atom stereocenters. The molecule has 24 heavy (non-hydrogen) atoms. The quantitative estimate of drug-likeness (QED) is 0.815. The van der Waals surface area contributed by atoms with Gasteiger partial charge in [0.15, 0.2) is 0 Å². The van der Waals surface area contributed by atoms with Crippen LogP contribution >= 0.6 is 23.2 Å². The second kappa shape index (κ2) is 7.61. The first-order chi connectivity index (χ1) is 11.3. The van der Waals surface area contributed by atoms with Crippen molar-refractivity contribution < 1.29 is 17.9 Å². The van der Waals surface area contributed by atoms with E-state index in [1.165, 1.54) is 26.4 Å². The Labute approximate surface area is 151 Å². The van der Waals surface area contributed by atoms with Gasteiger partial charge in [0.25, 0.3) is 0 Å². The number of hydrogen-bond acceptors (Lipinski definition) is 4. The molecular weight excluding hydrogens is 373 g/mol. The lowest BCUT2D eigenvalue weighted by Gasteiger charge is -2.13. The fourth-order valence-electron chi connectivity index (χ4n) is 2.11. The van der Waals surface area contributed by atoms with Crippen molar-refractivity contribution in [3.63, 3.8) is 0 Å². The highest BCUT2D eigenvalue weighted by Gasteiger charge is 2.20. The Morgan fingerprint density at radius 3 is 2.38 bits per heavy atom. The Morgan fingerprint density at radius 2 is 1.75 bits per heavy atom. The van der Waals surface area contributed by atoms with Crippen LogP contribution in [0, 0.1) is 6.92 Å². The van der Waals surface area contributed by atoms with Crippen LogP contribution < -0.4 is 14.2 Å². The summed E-state index contributed by atoms with van der Waals surface area (Å²) in [6, 6.07) is 8.00. The first kappa shape index (κ1) is 18.9. The summed E-state index contributed by atoms with van der Waals surface area (Å²) in [5.41, 5.74) is 1.27. The normalized spacial score (nSPS) is 11.4. The molecule has 0 amide bonds. The van der Waals surface area contributed by atoms with Crippen LogP contribution in [0.1, 0.15) is 11.1 Å². The third kappa shape index (κ3) is 4.13. The van der Waals surface area contributed by atoms with Crippen molar-refractivity contribution in [2.45, 2.75) is 18.4 Å². The van der Waals surface area contributed by atoms with E-state index in [-0.39, 0.29) is 16.5 Å². The van der Waals surface area contributed by atoms with Crippen LogP contribution in [0.2, 0.25) is 10.0 Å². The number of ether oxygens (including phenoxy) is 2. The topological polar surface area (TPSA) is 64.6 Å². The molecular formula is C16H17Cl2NO4S. The van der Waals surface area contributed by atoms with E-state index in [1.54, 1.807) is 25.1 Å². The lowest BCUT2D eigenvalue weighted by molar-refractivity contribution is 0.398. The molecule has 2 aromatic carbocycles. The van der Waals surface area contributed by atoms with E-state index >= 15 is 0 Å². The van der Waals surface area contributed by atoms with E-state index < -0.39 is 10.0 Å².